The molecular weight excluding hydrogens is 272 g/mol. The molecule has 1 aliphatic heterocycles. The Morgan fingerprint density at radius 2 is 2.14 bits per heavy atom. The number of rotatable bonds is 3. The van der Waals surface area contributed by atoms with Crippen molar-refractivity contribution in [1.82, 2.24) is 9.47 Å². The first-order valence-electron chi connectivity index (χ1n) is 7.46. The minimum Gasteiger partial charge on any atom is -0.480 e. The average Bonchev–Trinajstić information content (AvgIpc) is 2.93. The number of carbonyl (C=O) groups excluding carboxylic acids is 1. The van der Waals surface area contributed by atoms with Gasteiger partial charge in [-0.15, -0.1) is 0 Å². The summed E-state index contributed by atoms with van der Waals surface area (Å²) in [6, 6.07) is 3.54. The maximum absolute atomic E-state index is 12.8. The van der Waals surface area contributed by atoms with Gasteiger partial charge in [0.25, 0.3) is 5.91 Å². The number of hydrogen-bond acceptors (Lipinski definition) is 3. The summed E-state index contributed by atoms with van der Waals surface area (Å²) in [5.74, 6) is -1.03. The summed E-state index contributed by atoms with van der Waals surface area (Å²) < 4.78 is 7.28. The van der Waals surface area contributed by atoms with Gasteiger partial charge in [-0.25, -0.2) is 0 Å². The number of carbonyl (C=O) groups is 2. The third-order valence-electron chi connectivity index (χ3n) is 4.35. The number of carboxylic acid groups (broad SMARTS) is 1. The summed E-state index contributed by atoms with van der Waals surface area (Å²) in [4.78, 5) is 25.5. The first-order chi connectivity index (χ1) is 10.2. The Bertz CT molecular complexity index is 538. The van der Waals surface area contributed by atoms with E-state index in [0.717, 1.165) is 25.7 Å². The van der Waals surface area contributed by atoms with Gasteiger partial charge >= 0.3 is 5.97 Å². The van der Waals surface area contributed by atoms with Gasteiger partial charge in [0.2, 0.25) is 0 Å². The number of ether oxygens (including phenoxy) is 1. The molecule has 6 nitrogen and oxygen atoms in total. The van der Waals surface area contributed by atoms with Crippen LogP contribution in [0.3, 0.4) is 0 Å². The van der Waals surface area contributed by atoms with Crippen LogP contribution in [0.2, 0.25) is 0 Å². The second kappa shape index (κ2) is 5.89. The molecule has 2 atom stereocenters. The van der Waals surface area contributed by atoms with Crippen LogP contribution in [0.15, 0.2) is 18.3 Å². The molecule has 2 unspecified atom stereocenters. The van der Waals surface area contributed by atoms with E-state index in [2.05, 4.69) is 0 Å². The third-order valence-corrected chi connectivity index (χ3v) is 4.35. The predicted molar refractivity (Wildman–Crippen MR) is 75.1 cm³/mol. The molecule has 2 heterocycles. The zero-order chi connectivity index (χ0) is 14.8. The van der Waals surface area contributed by atoms with Crippen LogP contribution in [0.5, 0.6) is 0 Å². The van der Waals surface area contributed by atoms with E-state index in [1.807, 2.05) is 4.90 Å². The minimum absolute atomic E-state index is 0.0820. The predicted octanol–water partition coefficient (Wildman–Crippen LogP) is 1.36. The van der Waals surface area contributed by atoms with Crippen molar-refractivity contribution in [2.45, 2.75) is 44.4 Å². The van der Waals surface area contributed by atoms with Crippen LogP contribution in [0.25, 0.3) is 0 Å². The fourth-order valence-electron chi connectivity index (χ4n) is 3.39. The van der Waals surface area contributed by atoms with Crippen LogP contribution >= 0.6 is 0 Å². The standard InChI is InChI=1S/C15H20N2O4/c18-14(19)10-16-7-3-5-12(16)15(20)17-8-9-21-13-6-2-1-4-11(13)17/h3,5,7,11,13H,1-2,4,6,8-10H2,(H,18,19). The van der Waals surface area contributed by atoms with E-state index in [4.69, 9.17) is 9.84 Å². The van der Waals surface area contributed by atoms with Crippen molar-refractivity contribution in [3.63, 3.8) is 0 Å². The molecule has 114 valence electrons. The van der Waals surface area contributed by atoms with Crippen molar-refractivity contribution in [3.05, 3.63) is 24.0 Å². The van der Waals surface area contributed by atoms with Crippen molar-refractivity contribution in [1.29, 1.82) is 0 Å². The molecule has 0 spiro atoms. The number of amides is 1. The van der Waals surface area contributed by atoms with Crippen molar-refractivity contribution < 1.29 is 19.4 Å². The van der Waals surface area contributed by atoms with Gasteiger partial charge < -0.3 is 19.3 Å². The van der Waals surface area contributed by atoms with E-state index >= 15 is 0 Å². The summed E-state index contributed by atoms with van der Waals surface area (Å²) in [5, 5.41) is 8.92. The summed E-state index contributed by atoms with van der Waals surface area (Å²) in [5.41, 5.74) is 0.448. The fourth-order valence-corrected chi connectivity index (χ4v) is 3.39. The highest BCUT2D eigenvalue weighted by Crippen LogP contribution is 2.29. The normalized spacial score (nSPS) is 25.4. The number of morpholine rings is 1. The molecular formula is C15H20N2O4. The number of carboxylic acids is 1. The molecule has 0 radical (unpaired) electrons. The Labute approximate surface area is 123 Å². The smallest absolute Gasteiger partial charge is 0.323 e. The van der Waals surface area contributed by atoms with E-state index < -0.39 is 5.97 Å². The molecule has 0 bridgehead atoms. The SMILES string of the molecule is O=C(O)Cn1cccc1C(=O)N1CCOC2CCCCC21. The molecule has 1 aromatic heterocycles. The summed E-state index contributed by atoms with van der Waals surface area (Å²) in [6.07, 6.45) is 6.02. The van der Waals surface area contributed by atoms with E-state index in [1.54, 1.807) is 18.3 Å². The number of aromatic nitrogens is 1. The molecule has 1 saturated carbocycles. The lowest BCUT2D eigenvalue weighted by atomic mass is 9.90. The van der Waals surface area contributed by atoms with Crippen LogP contribution in [-0.2, 0) is 16.1 Å². The quantitative estimate of drug-likeness (QED) is 0.913. The average molecular weight is 292 g/mol. The third kappa shape index (κ3) is 2.81. The van der Waals surface area contributed by atoms with E-state index in [9.17, 15) is 9.59 Å². The highest BCUT2D eigenvalue weighted by molar-refractivity contribution is 5.93. The molecule has 2 aliphatic rings. The molecule has 2 fully saturated rings. The molecule has 1 amide bonds. The zero-order valence-electron chi connectivity index (χ0n) is 11.9. The molecule has 21 heavy (non-hydrogen) atoms. The number of fused-ring (bicyclic) bond motifs is 1. The van der Waals surface area contributed by atoms with Crippen molar-refractivity contribution in [3.8, 4) is 0 Å². The zero-order valence-corrected chi connectivity index (χ0v) is 11.9. The van der Waals surface area contributed by atoms with Crippen molar-refractivity contribution in [2.24, 2.45) is 0 Å². The van der Waals surface area contributed by atoms with Gasteiger partial charge in [-0.1, -0.05) is 12.8 Å². The number of hydrogen-bond donors (Lipinski definition) is 1. The first kappa shape index (κ1) is 14.1. The highest BCUT2D eigenvalue weighted by atomic mass is 16.5. The van der Waals surface area contributed by atoms with Gasteiger partial charge in [0.1, 0.15) is 12.2 Å². The Morgan fingerprint density at radius 1 is 1.33 bits per heavy atom. The first-order valence-corrected chi connectivity index (χ1v) is 7.46. The number of aliphatic carboxylic acids is 1. The second-order valence-corrected chi connectivity index (χ2v) is 5.67. The summed E-state index contributed by atoms with van der Waals surface area (Å²) >= 11 is 0. The van der Waals surface area contributed by atoms with Crippen molar-refractivity contribution >= 4 is 11.9 Å². The Morgan fingerprint density at radius 3 is 2.95 bits per heavy atom. The lowest BCUT2D eigenvalue weighted by Crippen LogP contribution is -2.55. The monoisotopic (exact) mass is 292 g/mol. The Kier molecular flexibility index (Phi) is 3.96. The largest absolute Gasteiger partial charge is 0.480 e. The van der Waals surface area contributed by atoms with Crippen LogP contribution in [0.4, 0.5) is 0 Å². The van der Waals surface area contributed by atoms with Crippen molar-refractivity contribution in [2.75, 3.05) is 13.2 Å². The molecule has 0 aromatic carbocycles. The molecule has 1 aromatic rings. The van der Waals surface area contributed by atoms with Crippen LogP contribution in [0.1, 0.15) is 36.2 Å². The lowest BCUT2D eigenvalue weighted by Gasteiger charge is -2.43. The highest BCUT2D eigenvalue weighted by Gasteiger charge is 2.37. The van der Waals surface area contributed by atoms with Gasteiger partial charge in [0.05, 0.1) is 18.8 Å². The van der Waals surface area contributed by atoms with Gasteiger partial charge in [0, 0.05) is 12.7 Å². The van der Waals surface area contributed by atoms with Gasteiger partial charge in [-0.05, 0) is 25.0 Å². The maximum atomic E-state index is 12.8. The van der Waals surface area contributed by atoms with E-state index in [0.29, 0.717) is 18.8 Å². The Hall–Kier alpha value is -1.82. The van der Waals surface area contributed by atoms with Gasteiger partial charge in [-0.3, -0.25) is 9.59 Å². The Balaban J connectivity index is 1.80. The van der Waals surface area contributed by atoms with E-state index in [-0.39, 0.29) is 24.6 Å². The van der Waals surface area contributed by atoms with Crippen LogP contribution in [0, 0.1) is 0 Å². The molecule has 6 heteroatoms. The van der Waals surface area contributed by atoms with Crippen LogP contribution < -0.4 is 0 Å². The van der Waals surface area contributed by atoms with Gasteiger partial charge in [0.15, 0.2) is 0 Å². The fraction of sp³-hybridized carbons (Fsp3) is 0.600. The molecule has 1 N–H and O–H groups in total. The summed E-state index contributed by atoms with van der Waals surface area (Å²) in [7, 11) is 0. The maximum Gasteiger partial charge on any atom is 0.323 e. The molecule has 1 aliphatic carbocycles. The second-order valence-electron chi connectivity index (χ2n) is 5.67. The summed E-state index contributed by atoms with van der Waals surface area (Å²) in [6.45, 7) is 0.956. The van der Waals surface area contributed by atoms with E-state index in [1.165, 1.54) is 4.57 Å². The molecule has 1 saturated heterocycles. The van der Waals surface area contributed by atoms with Crippen LogP contribution in [-0.4, -0.2) is 51.7 Å². The minimum atomic E-state index is -0.947. The number of nitrogens with zero attached hydrogens (tertiary/aromatic N) is 2. The lowest BCUT2D eigenvalue weighted by molar-refractivity contribution is -0.137. The molecule has 3 rings (SSSR count). The topological polar surface area (TPSA) is 71.8 Å². The van der Waals surface area contributed by atoms with Gasteiger partial charge in [-0.2, -0.15) is 0 Å².